The van der Waals surface area contributed by atoms with Crippen LogP contribution in [0.1, 0.15) is 36.2 Å². The smallest absolute Gasteiger partial charge is 0.251 e. The highest BCUT2D eigenvalue weighted by Gasteiger charge is 2.07. The van der Waals surface area contributed by atoms with Gasteiger partial charge in [-0.1, -0.05) is 30.3 Å². The second-order valence-corrected chi connectivity index (χ2v) is 6.28. The Kier molecular flexibility index (Phi) is 7.36. The van der Waals surface area contributed by atoms with Gasteiger partial charge in [-0.3, -0.25) is 9.59 Å². The second kappa shape index (κ2) is 9.73. The van der Waals surface area contributed by atoms with Crippen LogP contribution in [0.25, 0.3) is 11.1 Å². The van der Waals surface area contributed by atoms with Crippen LogP contribution in [-0.4, -0.2) is 31.6 Å². The van der Waals surface area contributed by atoms with Crippen molar-refractivity contribution in [1.82, 2.24) is 10.6 Å². The van der Waals surface area contributed by atoms with Crippen molar-refractivity contribution in [2.75, 3.05) is 13.7 Å². The van der Waals surface area contributed by atoms with Crippen LogP contribution in [0.5, 0.6) is 0 Å². The van der Waals surface area contributed by atoms with Crippen molar-refractivity contribution in [3.05, 3.63) is 59.7 Å². The van der Waals surface area contributed by atoms with E-state index >= 15 is 0 Å². The molecule has 0 unspecified atom stereocenters. The number of methoxy groups -OCH3 is 1. The minimum Gasteiger partial charge on any atom is -0.382 e. The van der Waals surface area contributed by atoms with E-state index in [0.717, 1.165) is 23.1 Å². The van der Waals surface area contributed by atoms with Crippen LogP contribution >= 0.6 is 0 Å². The lowest BCUT2D eigenvalue weighted by atomic mass is 10.0. The molecule has 1 atom stereocenters. The van der Waals surface area contributed by atoms with Gasteiger partial charge in [0.25, 0.3) is 5.91 Å². The van der Waals surface area contributed by atoms with Crippen LogP contribution in [0.3, 0.4) is 0 Å². The predicted octanol–water partition coefficient (Wildman–Crippen LogP) is 3.14. The fraction of sp³-hybridized carbons (Fsp3) is 0.333. The number of rotatable bonds is 8. The number of nitrogens with one attached hydrogen (secondary N) is 2. The molecule has 0 radical (unpaired) electrons. The van der Waals surface area contributed by atoms with Gasteiger partial charge in [0.2, 0.25) is 5.91 Å². The van der Waals surface area contributed by atoms with Crippen molar-refractivity contribution in [3.8, 4) is 11.1 Å². The summed E-state index contributed by atoms with van der Waals surface area (Å²) in [6.07, 6.45) is 0.906. The first-order chi connectivity index (χ1) is 12.5. The largest absolute Gasteiger partial charge is 0.382 e. The molecule has 2 aromatic rings. The first kappa shape index (κ1) is 19.7. The van der Waals surface area contributed by atoms with Crippen molar-refractivity contribution in [3.63, 3.8) is 0 Å². The van der Waals surface area contributed by atoms with E-state index in [9.17, 15) is 9.59 Å². The molecular weight excluding hydrogens is 328 g/mol. The molecule has 0 saturated carbocycles. The monoisotopic (exact) mass is 354 g/mol. The molecule has 0 bridgehead atoms. The zero-order valence-corrected chi connectivity index (χ0v) is 15.5. The summed E-state index contributed by atoms with van der Waals surface area (Å²) in [5.74, 6) is -0.134. The average Bonchev–Trinajstić information content (AvgIpc) is 2.66. The van der Waals surface area contributed by atoms with Crippen LogP contribution in [0, 0.1) is 0 Å². The lowest BCUT2D eigenvalue weighted by molar-refractivity contribution is -0.119. The summed E-state index contributed by atoms with van der Waals surface area (Å²) < 4.78 is 5.17. The number of ether oxygens (including phenoxy) is 1. The Morgan fingerprint density at radius 2 is 1.77 bits per heavy atom. The van der Waals surface area contributed by atoms with E-state index in [2.05, 4.69) is 10.6 Å². The molecule has 0 aromatic heterocycles. The van der Waals surface area contributed by atoms with Crippen LogP contribution in [-0.2, 0) is 16.1 Å². The average molecular weight is 354 g/mol. The number of benzene rings is 2. The van der Waals surface area contributed by atoms with Crippen molar-refractivity contribution in [1.29, 1.82) is 0 Å². The highest BCUT2D eigenvalue weighted by molar-refractivity contribution is 5.94. The number of carbonyl (C=O) groups excluding carboxylic acids is 2. The van der Waals surface area contributed by atoms with Gasteiger partial charge in [0.15, 0.2) is 0 Å². The van der Waals surface area contributed by atoms with E-state index in [0.29, 0.717) is 18.7 Å². The molecule has 2 aromatic carbocycles. The van der Waals surface area contributed by atoms with Crippen LogP contribution in [0.2, 0.25) is 0 Å². The number of amides is 2. The maximum Gasteiger partial charge on any atom is 0.251 e. The fourth-order valence-electron chi connectivity index (χ4n) is 2.51. The molecule has 0 saturated heterocycles. The van der Waals surface area contributed by atoms with E-state index < -0.39 is 0 Å². The SMILES string of the molecule is CO[C@@H](C)CCNC(=O)c1ccc(-c2cccc(CNC(C)=O)c2)cc1. The van der Waals surface area contributed by atoms with Crippen LogP contribution in [0.15, 0.2) is 48.5 Å². The van der Waals surface area contributed by atoms with Gasteiger partial charge >= 0.3 is 0 Å². The molecule has 0 fully saturated rings. The molecule has 0 heterocycles. The molecule has 26 heavy (non-hydrogen) atoms. The first-order valence-electron chi connectivity index (χ1n) is 8.74. The van der Waals surface area contributed by atoms with E-state index in [1.54, 1.807) is 7.11 Å². The number of hydrogen-bond acceptors (Lipinski definition) is 3. The highest BCUT2D eigenvalue weighted by Crippen LogP contribution is 2.21. The van der Waals surface area contributed by atoms with Gasteiger partial charge in [-0.15, -0.1) is 0 Å². The van der Waals surface area contributed by atoms with Crippen molar-refractivity contribution < 1.29 is 14.3 Å². The van der Waals surface area contributed by atoms with Crippen molar-refractivity contribution >= 4 is 11.8 Å². The third-order valence-electron chi connectivity index (χ3n) is 4.19. The predicted molar refractivity (Wildman–Crippen MR) is 103 cm³/mol. The second-order valence-electron chi connectivity index (χ2n) is 6.28. The Hall–Kier alpha value is -2.66. The maximum absolute atomic E-state index is 12.2. The van der Waals surface area contributed by atoms with Gasteiger partial charge in [-0.25, -0.2) is 0 Å². The minimum atomic E-state index is -0.0840. The van der Waals surface area contributed by atoms with Gasteiger partial charge < -0.3 is 15.4 Å². The summed E-state index contributed by atoms with van der Waals surface area (Å²) in [6, 6.07) is 15.5. The number of hydrogen-bond donors (Lipinski definition) is 2. The standard InChI is InChI=1S/C21H26N2O3/c1-15(26-3)11-12-22-21(25)19-9-7-18(8-10-19)20-6-4-5-17(13-20)14-23-16(2)24/h4-10,13,15H,11-12,14H2,1-3H3,(H,22,25)(H,23,24)/t15-/m0/s1. The lowest BCUT2D eigenvalue weighted by Gasteiger charge is -2.10. The van der Waals surface area contributed by atoms with Gasteiger partial charge in [0.1, 0.15) is 0 Å². The van der Waals surface area contributed by atoms with E-state index in [4.69, 9.17) is 4.74 Å². The van der Waals surface area contributed by atoms with E-state index in [1.807, 2.05) is 55.5 Å². The Morgan fingerprint density at radius 3 is 2.42 bits per heavy atom. The molecule has 2 amide bonds. The first-order valence-corrected chi connectivity index (χ1v) is 8.74. The molecular formula is C21H26N2O3. The molecule has 5 nitrogen and oxygen atoms in total. The zero-order valence-electron chi connectivity index (χ0n) is 15.5. The highest BCUT2D eigenvalue weighted by atomic mass is 16.5. The summed E-state index contributed by atoms with van der Waals surface area (Å²) in [7, 11) is 1.66. The summed E-state index contributed by atoms with van der Waals surface area (Å²) in [5, 5.41) is 5.70. The normalized spacial score (nSPS) is 11.7. The van der Waals surface area contributed by atoms with Gasteiger partial charge in [-0.2, -0.15) is 0 Å². The maximum atomic E-state index is 12.2. The molecule has 5 heteroatoms. The summed E-state index contributed by atoms with van der Waals surface area (Å²) in [6.45, 7) is 4.56. The Bertz CT molecular complexity index is 741. The van der Waals surface area contributed by atoms with Gasteiger partial charge in [0, 0.05) is 32.7 Å². The van der Waals surface area contributed by atoms with Crippen molar-refractivity contribution in [2.45, 2.75) is 32.9 Å². The summed E-state index contributed by atoms with van der Waals surface area (Å²) in [5.41, 5.74) is 3.74. The van der Waals surface area contributed by atoms with E-state index in [1.165, 1.54) is 6.92 Å². The Morgan fingerprint density at radius 1 is 1.04 bits per heavy atom. The van der Waals surface area contributed by atoms with Crippen molar-refractivity contribution in [2.24, 2.45) is 0 Å². The summed E-state index contributed by atoms with van der Waals surface area (Å²) >= 11 is 0. The molecule has 0 aliphatic carbocycles. The fourth-order valence-corrected chi connectivity index (χ4v) is 2.51. The number of carbonyl (C=O) groups is 2. The van der Waals surface area contributed by atoms with Crippen LogP contribution < -0.4 is 10.6 Å². The van der Waals surface area contributed by atoms with Crippen LogP contribution in [0.4, 0.5) is 0 Å². The lowest BCUT2D eigenvalue weighted by Crippen LogP contribution is -2.26. The third-order valence-corrected chi connectivity index (χ3v) is 4.19. The Balaban J connectivity index is 1.99. The van der Waals surface area contributed by atoms with E-state index in [-0.39, 0.29) is 17.9 Å². The molecule has 2 rings (SSSR count). The molecule has 0 aliphatic heterocycles. The summed E-state index contributed by atoms with van der Waals surface area (Å²) in [4.78, 5) is 23.2. The molecule has 0 spiro atoms. The molecule has 138 valence electrons. The molecule has 0 aliphatic rings. The minimum absolute atomic E-state index is 0.0503. The third kappa shape index (κ3) is 6.01. The van der Waals surface area contributed by atoms with Gasteiger partial charge in [0.05, 0.1) is 6.10 Å². The molecule has 2 N–H and O–H groups in total. The quantitative estimate of drug-likeness (QED) is 0.765. The van der Waals surface area contributed by atoms with Gasteiger partial charge in [-0.05, 0) is 48.2 Å². The topological polar surface area (TPSA) is 67.4 Å². The zero-order chi connectivity index (χ0) is 18.9. The Labute approximate surface area is 154 Å².